The van der Waals surface area contributed by atoms with Crippen molar-refractivity contribution in [3.05, 3.63) is 106 Å². The summed E-state index contributed by atoms with van der Waals surface area (Å²) in [5.41, 5.74) is 2.13. The molecule has 7 heteroatoms. The molecule has 0 unspecified atom stereocenters. The molecule has 1 saturated heterocycles. The van der Waals surface area contributed by atoms with Crippen LogP contribution >= 0.6 is 15.9 Å². The van der Waals surface area contributed by atoms with Crippen LogP contribution in [0.5, 0.6) is 0 Å². The average Bonchev–Trinajstić information content (AvgIpc) is 2.91. The minimum absolute atomic E-state index is 0.0249. The summed E-state index contributed by atoms with van der Waals surface area (Å²) >= 11 is 3.42. The maximum atomic E-state index is 13.2. The Balaban J connectivity index is 1.44. The van der Waals surface area contributed by atoms with Gasteiger partial charge in [-0.25, -0.2) is 0 Å². The van der Waals surface area contributed by atoms with Crippen molar-refractivity contribution < 1.29 is 14.4 Å². The molecule has 1 atom stereocenters. The second-order valence-electron chi connectivity index (χ2n) is 8.66. The number of carbonyl (C=O) groups is 3. The number of likely N-dealkylation sites (tertiary alicyclic amines) is 1. The third-order valence-corrected chi connectivity index (χ3v) is 6.78. The van der Waals surface area contributed by atoms with Gasteiger partial charge in [0.25, 0.3) is 11.8 Å². The van der Waals surface area contributed by atoms with E-state index in [1.54, 1.807) is 30.3 Å². The van der Waals surface area contributed by atoms with Gasteiger partial charge in [0.2, 0.25) is 5.91 Å². The van der Waals surface area contributed by atoms with Crippen molar-refractivity contribution in [2.24, 2.45) is 5.92 Å². The Hall–Kier alpha value is -3.45. The van der Waals surface area contributed by atoms with Gasteiger partial charge in [-0.1, -0.05) is 70.5 Å². The largest absolute Gasteiger partial charge is 0.350 e. The van der Waals surface area contributed by atoms with Crippen LogP contribution in [0, 0.1) is 5.92 Å². The van der Waals surface area contributed by atoms with Crippen molar-refractivity contribution >= 4 is 33.7 Å². The molecule has 1 aliphatic heterocycles. The fraction of sp³-hybridized carbons (Fsp3) is 0.250. The first-order chi connectivity index (χ1) is 17.0. The number of amides is 3. The van der Waals surface area contributed by atoms with Crippen LogP contribution in [0.15, 0.2) is 89.4 Å². The van der Waals surface area contributed by atoms with Crippen molar-refractivity contribution in [1.29, 1.82) is 0 Å². The first kappa shape index (κ1) is 24.7. The van der Waals surface area contributed by atoms with Crippen molar-refractivity contribution in [2.75, 3.05) is 13.1 Å². The lowest BCUT2D eigenvalue weighted by Crippen LogP contribution is -2.53. The molecule has 0 aliphatic carbocycles. The van der Waals surface area contributed by atoms with E-state index in [1.807, 2.05) is 59.5 Å². The van der Waals surface area contributed by atoms with Crippen LogP contribution in [0.3, 0.4) is 0 Å². The highest BCUT2D eigenvalue weighted by Gasteiger charge is 2.34. The summed E-state index contributed by atoms with van der Waals surface area (Å²) < 4.78 is 0.858. The monoisotopic (exact) mass is 533 g/mol. The standard InChI is InChI=1S/C28H28BrN3O3/c29-24-13-7-12-23(18-24)28(35)32-16-14-21(15-17-32)25(31-26(33)22-10-5-2-6-11-22)27(34)30-19-20-8-3-1-4-9-20/h1-13,18,21,25H,14-17,19H2,(H,30,34)(H,31,33)/t25-/m0/s1. The van der Waals surface area contributed by atoms with E-state index in [2.05, 4.69) is 26.6 Å². The van der Waals surface area contributed by atoms with Crippen molar-refractivity contribution in [1.82, 2.24) is 15.5 Å². The quantitative estimate of drug-likeness (QED) is 0.471. The molecule has 6 nitrogen and oxygen atoms in total. The molecule has 35 heavy (non-hydrogen) atoms. The van der Waals surface area contributed by atoms with Gasteiger partial charge in [-0.2, -0.15) is 0 Å². The zero-order valence-electron chi connectivity index (χ0n) is 19.3. The first-order valence-corrected chi connectivity index (χ1v) is 12.5. The Morgan fingerprint density at radius 3 is 2.14 bits per heavy atom. The molecule has 1 aliphatic rings. The number of hydrogen-bond acceptors (Lipinski definition) is 3. The second kappa shape index (κ2) is 11.8. The average molecular weight is 534 g/mol. The summed E-state index contributed by atoms with van der Waals surface area (Å²) in [6, 6.07) is 25.2. The Morgan fingerprint density at radius 2 is 1.49 bits per heavy atom. The van der Waals surface area contributed by atoms with Gasteiger partial charge in [0, 0.05) is 35.2 Å². The number of piperidine rings is 1. The van der Waals surface area contributed by atoms with Crippen LogP contribution in [-0.2, 0) is 11.3 Å². The molecule has 0 aromatic heterocycles. The minimum Gasteiger partial charge on any atom is -0.350 e. The van der Waals surface area contributed by atoms with Crippen LogP contribution in [0.2, 0.25) is 0 Å². The smallest absolute Gasteiger partial charge is 0.253 e. The third kappa shape index (κ3) is 6.57. The van der Waals surface area contributed by atoms with E-state index in [-0.39, 0.29) is 23.6 Å². The van der Waals surface area contributed by atoms with Crippen molar-refractivity contribution in [3.8, 4) is 0 Å². The van der Waals surface area contributed by atoms with Gasteiger partial charge in [-0.05, 0) is 54.7 Å². The highest BCUT2D eigenvalue weighted by molar-refractivity contribution is 9.10. The molecular formula is C28H28BrN3O3. The third-order valence-electron chi connectivity index (χ3n) is 6.28. The predicted molar refractivity (Wildman–Crippen MR) is 139 cm³/mol. The minimum atomic E-state index is -0.686. The van der Waals surface area contributed by atoms with Gasteiger partial charge in [-0.15, -0.1) is 0 Å². The van der Waals surface area contributed by atoms with Crippen LogP contribution in [-0.4, -0.2) is 41.8 Å². The van der Waals surface area contributed by atoms with Crippen LogP contribution in [0.4, 0.5) is 0 Å². The highest BCUT2D eigenvalue weighted by atomic mass is 79.9. The number of nitrogens with one attached hydrogen (secondary N) is 2. The number of nitrogens with zero attached hydrogens (tertiary/aromatic N) is 1. The van der Waals surface area contributed by atoms with Gasteiger partial charge in [-0.3, -0.25) is 14.4 Å². The normalized spacial score (nSPS) is 14.7. The molecule has 4 rings (SSSR count). The summed E-state index contributed by atoms with van der Waals surface area (Å²) in [7, 11) is 0. The lowest BCUT2D eigenvalue weighted by Gasteiger charge is -2.36. The molecule has 180 valence electrons. The lowest BCUT2D eigenvalue weighted by molar-refractivity contribution is -0.124. The maximum absolute atomic E-state index is 13.2. The molecule has 0 spiro atoms. The topological polar surface area (TPSA) is 78.5 Å². The summed E-state index contributed by atoms with van der Waals surface area (Å²) in [6.45, 7) is 1.44. The first-order valence-electron chi connectivity index (χ1n) is 11.7. The van der Waals surface area contributed by atoms with Crippen LogP contribution in [0.25, 0.3) is 0 Å². The molecule has 0 bridgehead atoms. The molecule has 3 aromatic rings. The van der Waals surface area contributed by atoms with Crippen LogP contribution < -0.4 is 10.6 Å². The van der Waals surface area contributed by atoms with E-state index in [0.717, 1.165) is 10.0 Å². The van der Waals surface area contributed by atoms with Crippen molar-refractivity contribution in [3.63, 3.8) is 0 Å². The number of hydrogen-bond donors (Lipinski definition) is 2. The fourth-order valence-corrected chi connectivity index (χ4v) is 4.75. The molecule has 0 radical (unpaired) electrons. The molecule has 2 N–H and O–H groups in total. The zero-order valence-corrected chi connectivity index (χ0v) is 20.9. The lowest BCUT2D eigenvalue weighted by atomic mass is 9.88. The summed E-state index contributed by atoms with van der Waals surface area (Å²) in [5.74, 6) is -0.596. The molecule has 3 amide bonds. The van der Waals surface area contributed by atoms with E-state index in [0.29, 0.717) is 43.6 Å². The molecule has 1 heterocycles. The number of halogens is 1. The molecule has 3 aromatic carbocycles. The van der Waals surface area contributed by atoms with Gasteiger partial charge >= 0.3 is 0 Å². The Bertz CT molecular complexity index is 1160. The van der Waals surface area contributed by atoms with Gasteiger partial charge in [0.05, 0.1) is 0 Å². The zero-order chi connectivity index (χ0) is 24.6. The number of benzene rings is 3. The second-order valence-corrected chi connectivity index (χ2v) is 9.58. The van der Waals surface area contributed by atoms with E-state index < -0.39 is 6.04 Å². The van der Waals surface area contributed by atoms with E-state index in [9.17, 15) is 14.4 Å². The highest BCUT2D eigenvalue weighted by Crippen LogP contribution is 2.24. The number of carbonyl (C=O) groups excluding carboxylic acids is 3. The van der Waals surface area contributed by atoms with Gasteiger partial charge in [0.15, 0.2) is 0 Å². The molecule has 0 saturated carbocycles. The Labute approximate surface area is 213 Å². The summed E-state index contributed by atoms with van der Waals surface area (Å²) in [4.78, 5) is 40.9. The Morgan fingerprint density at radius 1 is 0.857 bits per heavy atom. The SMILES string of the molecule is O=C(N[C@H](C(=O)NCc1ccccc1)C1CCN(C(=O)c2cccc(Br)c2)CC1)c1ccccc1. The molecule has 1 fully saturated rings. The van der Waals surface area contributed by atoms with Crippen LogP contribution in [0.1, 0.15) is 39.1 Å². The van der Waals surface area contributed by atoms with E-state index in [4.69, 9.17) is 0 Å². The summed E-state index contributed by atoms with van der Waals surface area (Å²) in [5, 5.41) is 5.94. The predicted octanol–water partition coefficient (Wildman–Crippen LogP) is 4.42. The maximum Gasteiger partial charge on any atom is 0.253 e. The Kier molecular flexibility index (Phi) is 8.32. The number of rotatable bonds is 7. The van der Waals surface area contributed by atoms with Gasteiger partial charge < -0.3 is 15.5 Å². The molecular weight excluding hydrogens is 506 g/mol. The van der Waals surface area contributed by atoms with Gasteiger partial charge in [0.1, 0.15) is 6.04 Å². The summed E-state index contributed by atoms with van der Waals surface area (Å²) in [6.07, 6.45) is 1.25. The van der Waals surface area contributed by atoms with Crippen molar-refractivity contribution in [2.45, 2.75) is 25.4 Å². The van der Waals surface area contributed by atoms with E-state index in [1.165, 1.54) is 0 Å². The van der Waals surface area contributed by atoms with E-state index >= 15 is 0 Å². The fourth-order valence-electron chi connectivity index (χ4n) is 4.35.